The van der Waals surface area contributed by atoms with Crippen LogP contribution in [0, 0.1) is 21.4 Å². The van der Waals surface area contributed by atoms with Gasteiger partial charge in [0.25, 0.3) is 0 Å². The van der Waals surface area contributed by atoms with Gasteiger partial charge >= 0.3 is 29.6 Å². The molecule has 7 nitrogen and oxygen atoms in total. The van der Waals surface area contributed by atoms with Crippen LogP contribution in [0.5, 0.6) is 0 Å². The molecule has 0 radical (unpaired) electrons. The van der Waals surface area contributed by atoms with Gasteiger partial charge in [-0.05, 0) is 12.1 Å². The molecule has 2 aromatic rings. The number of benzene rings is 1. The van der Waals surface area contributed by atoms with Crippen molar-refractivity contribution >= 4 is 40.6 Å². The molecule has 0 aliphatic heterocycles. The predicted molar refractivity (Wildman–Crippen MR) is 76.9 cm³/mol. The van der Waals surface area contributed by atoms with Gasteiger partial charge in [0.05, 0.1) is 10.0 Å². The van der Waals surface area contributed by atoms with Crippen molar-refractivity contribution in [2.45, 2.75) is 0 Å². The number of nitriles is 1. The fourth-order valence-corrected chi connectivity index (χ4v) is 2.34. The Labute approximate surface area is 156 Å². The summed E-state index contributed by atoms with van der Waals surface area (Å²) in [6.45, 7) is 0. The Bertz CT molecular complexity index is 663. The van der Waals surface area contributed by atoms with Gasteiger partial charge in [-0.25, -0.2) is 4.68 Å². The summed E-state index contributed by atoms with van der Waals surface area (Å²) in [7, 11) is 0. The maximum atomic E-state index is 8.74. The summed E-state index contributed by atoms with van der Waals surface area (Å²) in [5, 5.41) is 22.7. The quantitative estimate of drug-likeness (QED) is 0.454. The van der Waals surface area contributed by atoms with E-state index in [0.717, 1.165) is 5.34 Å². The Hall–Kier alpha value is -1.01. The van der Waals surface area contributed by atoms with Gasteiger partial charge < -0.3 is 15.8 Å². The number of anilines is 1. The first kappa shape index (κ1) is 20.0. The summed E-state index contributed by atoms with van der Waals surface area (Å²) < 4.78 is 1.31. The van der Waals surface area contributed by atoms with Gasteiger partial charge in [-0.15, -0.1) is 5.34 Å². The van der Waals surface area contributed by atoms with Crippen LogP contribution >= 0.6 is 34.8 Å². The number of nitrogens with two attached hydrogens (primary N) is 1. The second-order valence-electron chi connectivity index (χ2n) is 3.27. The van der Waals surface area contributed by atoms with Crippen molar-refractivity contribution in [2.24, 2.45) is 5.34 Å². The van der Waals surface area contributed by atoms with Crippen LogP contribution in [0.3, 0.4) is 0 Å². The standard InChI is InChI=1S/C10H5Cl3N4.HNO2.Na/c11-5-1-7(12)10(8(13)2-5)17-9(15)3-6(4-14)16-17;2-1-3;/h1-3H,15H2;(H,2,3);/q;;+1/p-1. The van der Waals surface area contributed by atoms with E-state index < -0.39 is 0 Å². The molecule has 0 saturated carbocycles. The Morgan fingerprint density at radius 2 is 1.76 bits per heavy atom. The summed E-state index contributed by atoms with van der Waals surface area (Å²) in [6.07, 6.45) is 0. The van der Waals surface area contributed by atoms with E-state index in [-0.39, 0.29) is 41.1 Å². The van der Waals surface area contributed by atoms with E-state index in [0.29, 0.717) is 20.8 Å². The monoisotopic (exact) mass is 355 g/mol. The van der Waals surface area contributed by atoms with Gasteiger partial charge in [0.15, 0.2) is 5.69 Å². The molecule has 1 heterocycles. The molecule has 0 bridgehead atoms. The van der Waals surface area contributed by atoms with Crippen LogP contribution < -0.4 is 35.3 Å². The third kappa shape index (κ3) is 5.04. The van der Waals surface area contributed by atoms with Crippen LogP contribution in [-0.4, -0.2) is 9.78 Å². The molecular weight excluding hydrogens is 351 g/mol. The summed E-state index contributed by atoms with van der Waals surface area (Å²) in [5.74, 6) is 0.271. The molecule has 0 aliphatic carbocycles. The van der Waals surface area contributed by atoms with Crippen molar-refractivity contribution in [1.29, 1.82) is 5.26 Å². The van der Waals surface area contributed by atoms with Crippen molar-refractivity contribution in [3.05, 3.63) is 49.1 Å². The van der Waals surface area contributed by atoms with Crippen LogP contribution in [0.15, 0.2) is 23.5 Å². The maximum absolute atomic E-state index is 8.74. The maximum Gasteiger partial charge on any atom is 1.00 e. The SMILES string of the molecule is N#Cc1cc(N)n(-c2c(Cl)cc(Cl)cc2Cl)n1.O=N[O-].[Na+]. The fourth-order valence-electron chi connectivity index (χ4n) is 1.37. The van der Waals surface area contributed by atoms with Crippen molar-refractivity contribution in [2.75, 3.05) is 5.73 Å². The van der Waals surface area contributed by atoms with Gasteiger partial charge in [-0.2, -0.15) is 10.4 Å². The molecule has 11 heteroatoms. The average molecular weight is 357 g/mol. The zero-order valence-electron chi connectivity index (χ0n) is 10.5. The minimum Gasteiger partial charge on any atom is -0.444 e. The topological polar surface area (TPSA) is 120 Å². The Morgan fingerprint density at radius 3 is 2.14 bits per heavy atom. The second kappa shape index (κ2) is 9.10. The number of hydrogen-bond donors (Lipinski definition) is 1. The number of rotatable bonds is 1. The molecule has 2 rings (SSSR count). The summed E-state index contributed by atoms with van der Waals surface area (Å²) in [5.41, 5.74) is 6.31. The molecule has 1 aromatic carbocycles. The summed E-state index contributed by atoms with van der Waals surface area (Å²) in [6, 6.07) is 6.37. The molecule has 0 unspecified atom stereocenters. The zero-order chi connectivity index (χ0) is 15.3. The first-order valence-corrected chi connectivity index (χ1v) is 5.93. The number of hydrogen-bond acceptors (Lipinski definition) is 6. The van der Waals surface area contributed by atoms with Gasteiger partial charge in [0.1, 0.15) is 17.6 Å². The largest absolute Gasteiger partial charge is 1.00 e. The Morgan fingerprint density at radius 1 is 1.29 bits per heavy atom. The zero-order valence-corrected chi connectivity index (χ0v) is 14.8. The predicted octanol–water partition coefficient (Wildman–Crippen LogP) is 0.541. The first-order valence-electron chi connectivity index (χ1n) is 4.80. The van der Waals surface area contributed by atoms with Crippen molar-refractivity contribution in [3.8, 4) is 11.8 Å². The molecule has 0 amide bonds. The molecule has 0 spiro atoms. The summed E-state index contributed by atoms with van der Waals surface area (Å²) in [4.78, 5) is 8.00. The summed E-state index contributed by atoms with van der Waals surface area (Å²) >= 11 is 17.9. The van der Waals surface area contributed by atoms with Gasteiger partial charge in [0.2, 0.25) is 0 Å². The van der Waals surface area contributed by atoms with Gasteiger partial charge in [0, 0.05) is 11.1 Å². The first-order chi connectivity index (χ1) is 9.44. The minimum atomic E-state index is 0. The average Bonchev–Trinajstić information content (AvgIpc) is 2.71. The normalized spacial score (nSPS) is 8.86. The van der Waals surface area contributed by atoms with Crippen LogP contribution in [0.2, 0.25) is 15.1 Å². The smallest absolute Gasteiger partial charge is 0.444 e. The van der Waals surface area contributed by atoms with E-state index in [1.165, 1.54) is 22.9 Å². The fraction of sp³-hybridized carbons (Fsp3) is 0. The minimum absolute atomic E-state index is 0. The van der Waals surface area contributed by atoms with Gasteiger partial charge in [-0.3, -0.25) is 0 Å². The molecule has 1 aromatic heterocycles. The molecule has 2 N–H and O–H groups in total. The van der Waals surface area contributed by atoms with Crippen LogP contribution in [0.1, 0.15) is 5.69 Å². The molecule has 104 valence electrons. The van der Waals surface area contributed by atoms with Crippen LogP contribution in [0.25, 0.3) is 5.69 Å². The molecule has 0 saturated heterocycles. The molecule has 0 fully saturated rings. The molecule has 21 heavy (non-hydrogen) atoms. The third-order valence-corrected chi connectivity index (χ3v) is 2.84. The van der Waals surface area contributed by atoms with E-state index in [1.54, 1.807) is 0 Å². The van der Waals surface area contributed by atoms with Crippen LogP contribution in [0.4, 0.5) is 5.82 Å². The third-order valence-electron chi connectivity index (χ3n) is 2.04. The van der Waals surface area contributed by atoms with Crippen LogP contribution in [-0.2, 0) is 0 Å². The Balaban J connectivity index is 0.000000922. The number of nitrogen functional groups attached to an aromatic ring is 1. The van der Waals surface area contributed by atoms with E-state index in [1.807, 2.05) is 6.07 Å². The van der Waals surface area contributed by atoms with E-state index in [2.05, 4.69) is 5.10 Å². The van der Waals surface area contributed by atoms with E-state index in [4.69, 9.17) is 55.9 Å². The Kier molecular flexibility index (Phi) is 8.66. The van der Waals surface area contributed by atoms with Crippen molar-refractivity contribution in [1.82, 2.24) is 9.78 Å². The van der Waals surface area contributed by atoms with E-state index >= 15 is 0 Å². The molecular formula is C10H5Cl3N5NaO2. The van der Waals surface area contributed by atoms with Gasteiger partial charge in [-0.1, -0.05) is 34.8 Å². The number of halogens is 3. The van der Waals surface area contributed by atoms with Crippen molar-refractivity contribution in [3.63, 3.8) is 0 Å². The number of aromatic nitrogens is 2. The van der Waals surface area contributed by atoms with Crippen molar-refractivity contribution < 1.29 is 29.6 Å². The molecule has 0 atom stereocenters. The van der Waals surface area contributed by atoms with E-state index in [9.17, 15) is 0 Å². The molecule has 0 aliphatic rings. The second-order valence-corrected chi connectivity index (χ2v) is 4.52. The number of nitrogens with zero attached hydrogens (tertiary/aromatic N) is 4.